The zero-order valence-corrected chi connectivity index (χ0v) is 40.9. The van der Waals surface area contributed by atoms with Gasteiger partial charge in [0.1, 0.15) is 6.04 Å². The Bertz CT molecular complexity index is 1840. The number of primary amides is 1. The van der Waals surface area contributed by atoms with Crippen LogP contribution >= 0.6 is 0 Å². The molecule has 0 radical (unpaired) electrons. The second-order valence-electron chi connectivity index (χ2n) is 18.6. The van der Waals surface area contributed by atoms with Gasteiger partial charge in [-0.25, -0.2) is 4.79 Å². The van der Waals surface area contributed by atoms with E-state index in [1.54, 1.807) is 65.0 Å². The molecule has 0 aromatic heterocycles. The second-order valence-corrected chi connectivity index (χ2v) is 18.6. The lowest BCUT2D eigenvalue weighted by molar-refractivity contribution is -0.143. The molecule has 5 amide bonds. The van der Waals surface area contributed by atoms with Gasteiger partial charge in [-0.2, -0.15) is 0 Å². The van der Waals surface area contributed by atoms with E-state index in [0.29, 0.717) is 37.8 Å². The molecule has 1 rings (SSSR count). The summed E-state index contributed by atoms with van der Waals surface area (Å²) in [6.45, 7) is 12.1. The summed E-state index contributed by atoms with van der Waals surface area (Å²) < 4.78 is 0. The SMILES string of the molecule is CC[C@H](C)[C@H](CC(=O)[C@@H](NC(=O)[C@@H](C)CO)[C@@H](C)CC)C(=O)N[C@@H](CC(N)=O)C(=O)C[C@@H](Cc1ccccc1)C(=O)N[C@@H](CCC(=O)O)C(=O)C[C@@H](CCCCN)C(=O)N[C@@H](CC(C)C)C(=O)O. The third-order valence-electron chi connectivity index (χ3n) is 12.4. The normalized spacial score (nSPS) is 15.7. The molecule has 0 saturated heterocycles. The minimum Gasteiger partial charge on any atom is -0.481 e. The van der Waals surface area contributed by atoms with Crippen LogP contribution in [-0.4, -0.2) is 111 Å². The molecule has 0 heterocycles. The molecule has 0 saturated carbocycles. The number of rotatable bonds is 36. The molecule has 0 fully saturated rings. The molecule has 0 aliphatic carbocycles. The summed E-state index contributed by atoms with van der Waals surface area (Å²) in [6.07, 6.45) is -0.962. The number of Topliss-reactive ketones (excluding diaryl/α,β-unsaturated/α-hetero) is 3. The van der Waals surface area contributed by atoms with Crippen LogP contribution in [0.3, 0.4) is 0 Å². The number of nitrogens with one attached hydrogen (secondary N) is 4. The quantitative estimate of drug-likeness (QED) is 0.0437. The molecule has 1 aromatic rings. The highest BCUT2D eigenvalue weighted by Gasteiger charge is 2.37. The van der Waals surface area contributed by atoms with Crippen molar-refractivity contribution < 1.29 is 63.3 Å². The Balaban J connectivity index is 3.60. The average Bonchev–Trinajstić information content (AvgIpc) is 3.28. The van der Waals surface area contributed by atoms with Crippen molar-refractivity contribution >= 4 is 58.8 Å². The number of benzene rings is 1. The summed E-state index contributed by atoms with van der Waals surface area (Å²) >= 11 is 0. The van der Waals surface area contributed by atoms with Crippen molar-refractivity contribution in [3.05, 3.63) is 35.9 Å². The van der Waals surface area contributed by atoms with E-state index in [-0.39, 0.29) is 43.9 Å². The number of carboxylic acid groups (broad SMARTS) is 2. The van der Waals surface area contributed by atoms with Crippen molar-refractivity contribution in [3.8, 4) is 0 Å². The number of aliphatic carboxylic acids is 2. The van der Waals surface area contributed by atoms with Crippen LogP contribution in [0.5, 0.6) is 0 Å². The maximum Gasteiger partial charge on any atom is 0.326 e. The first kappa shape index (κ1) is 60.5. The Kier molecular flexibility index (Phi) is 28.0. The summed E-state index contributed by atoms with van der Waals surface area (Å²) in [5, 5.41) is 39.3. The zero-order valence-electron chi connectivity index (χ0n) is 40.9. The molecule has 0 aliphatic rings. The number of nitrogens with two attached hydrogens (primary N) is 2. The molecular formula is C49H78N6O13. The fourth-order valence-electron chi connectivity index (χ4n) is 7.70. The predicted octanol–water partition coefficient (Wildman–Crippen LogP) is 2.62. The van der Waals surface area contributed by atoms with Crippen LogP contribution in [0.25, 0.3) is 0 Å². The second kappa shape index (κ2) is 31.5. The van der Waals surface area contributed by atoms with Gasteiger partial charge < -0.3 is 48.1 Å². The van der Waals surface area contributed by atoms with Crippen molar-refractivity contribution in [2.75, 3.05) is 13.2 Å². The van der Waals surface area contributed by atoms with E-state index in [1.165, 1.54) is 6.92 Å². The maximum absolute atomic E-state index is 14.3. The minimum absolute atomic E-state index is 0.0757. The monoisotopic (exact) mass is 959 g/mol. The molecule has 382 valence electrons. The Morgan fingerprint density at radius 3 is 1.71 bits per heavy atom. The number of carbonyl (C=O) groups is 10. The largest absolute Gasteiger partial charge is 0.481 e. The van der Waals surface area contributed by atoms with E-state index in [1.807, 2.05) is 6.92 Å². The average molecular weight is 959 g/mol. The molecule has 19 heteroatoms. The van der Waals surface area contributed by atoms with E-state index < -0.39 is 145 Å². The number of aliphatic hydroxyl groups is 1. The van der Waals surface area contributed by atoms with Gasteiger partial charge in [-0.1, -0.05) is 98.1 Å². The third kappa shape index (κ3) is 22.0. The fraction of sp³-hybridized carbons (Fsp3) is 0.673. The number of hydrogen-bond acceptors (Lipinski definition) is 12. The first-order chi connectivity index (χ1) is 32.0. The van der Waals surface area contributed by atoms with Crippen LogP contribution in [0.2, 0.25) is 0 Å². The van der Waals surface area contributed by atoms with Crippen LogP contribution in [0.1, 0.15) is 131 Å². The van der Waals surface area contributed by atoms with Crippen LogP contribution in [0.4, 0.5) is 0 Å². The van der Waals surface area contributed by atoms with Crippen molar-refractivity contribution in [1.29, 1.82) is 0 Å². The third-order valence-corrected chi connectivity index (χ3v) is 12.4. The first-order valence-corrected chi connectivity index (χ1v) is 23.9. The van der Waals surface area contributed by atoms with Crippen molar-refractivity contribution in [3.63, 3.8) is 0 Å². The minimum atomic E-state index is -1.55. The predicted molar refractivity (Wildman–Crippen MR) is 253 cm³/mol. The summed E-state index contributed by atoms with van der Waals surface area (Å²) in [7, 11) is 0. The van der Waals surface area contributed by atoms with Gasteiger partial charge in [-0.05, 0) is 62.0 Å². The summed E-state index contributed by atoms with van der Waals surface area (Å²) in [4.78, 5) is 133. The van der Waals surface area contributed by atoms with Crippen LogP contribution in [0.15, 0.2) is 30.3 Å². The van der Waals surface area contributed by atoms with E-state index in [4.69, 9.17) is 11.5 Å². The van der Waals surface area contributed by atoms with Gasteiger partial charge in [0.05, 0.1) is 37.1 Å². The number of hydrogen-bond donors (Lipinski definition) is 9. The number of ketones is 3. The van der Waals surface area contributed by atoms with Crippen LogP contribution < -0.4 is 32.7 Å². The molecule has 0 bridgehead atoms. The lowest BCUT2D eigenvalue weighted by atomic mass is 9.82. The van der Waals surface area contributed by atoms with Crippen LogP contribution in [-0.2, 0) is 54.4 Å². The van der Waals surface area contributed by atoms with Crippen LogP contribution in [0, 0.1) is 41.4 Å². The summed E-state index contributed by atoms with van der Waals surface area (Å²) in [5.74, 6) is -13.1. The van der Waals surface area contributed by atoms with E-state index in [0.717, 1.165) is 0 Å². The number of carboxylic acids is 2. The van der Waals surface area contributed by atoms with Gasteiger partial charge >= 0.3 is 11.9 Å². The Labute approximate surface area is 400 Å². The van der Waals surface area contributed by atoms with E-state index in [9.17, 15) is 63.3 Å². The highest BCUT2D eigenvalue weighted by molar-refractivity contribution is 5.99. The number of carbonyl (C=O) groups excluding carboxylic acids is 8. The smallest absolute Gasteiger partial charge is 0.326 e. The lowest BCUT2D eigenvalue weighted by Crippen LogP contribution is -2.51. The van der Waals surface area contributed by atoms with E-state index >= 15 is 0 Å². The summed E-state index contributed by atoms with van der Waals surface area (Å²) in [5.41, 5.74) is 11.8. The lowest BCUT2D eigenvalue weighted by Gasteiger charge is -2.29. The highest BCUT2D eigenvalue weighted by Crippen LogP contribution is 2.25. The van der Waals surface area contributed by atoms with Crippen molar-refractivity contribution in [2.24, 2.45) is 52.9 Å². The van der Waals surface area contributed by atoms with Gasteiger partial charge in [0.25, 0.3) is 0 Å². The highest BCUT2D eigenvalue weighted by atomic mass is 16.4. The van der Waals surface area contributed by atoms with Gasteiger partial charge in [0, 0.05) is 43.4 Å². The summed E-state index contributed by atoms with van der Waals surface area (Å²) in [6, 6.07) is 3.32. The molecule has 0 aliphatic heterocycles. The molecule has 1 aromatic carbocycles. The zero-order chi connectivity index (χ0) is 51.7. The van der Waals surface area contributed by atoms with Gasteiger partial charge in [-0.3, -0.25) is 43.2 Å². The molecule has 19 nitrogen and oxygen atoms in total. The van der Waals surface area contributed by atoms with Gasteiger partial charge in [-0.15, -0.1) is 0 Å². The van der Waals surface area contributed by atoms with Crippen molar-refractivity contribution in [1.82, 2.24) is 21.3 Å². The Hall–Kier alpha value is -5.56. The number of amides is 5. The molecular weight excluding hydrogens is 881 g/mol. The molecule has 68 heavy (non-hydrogen) atoms. The fourth-order valence-corrected chi connectivity index (χ4v) is 7.70. The standard InChI is InChI=1S/C49H78N6O13/c1-8-29(5)35(25-41(59)44(30(6)9-2)55-45(63)31(7)27-56)48(66)53-37(26-42(51)60)40(58)24-34(22-32-15-11-10-12-16-32)47(65)52-36(18-19-43(61)62)39(57)23-33(17-13-14-20-50)46(64)54-38(49(67)68)21-28(3)4/h10-12,15-16,28-31,33-38,44,56H,8-9,13-14,17-27,50H2,1-7H3,(H2,51,60)(H,52,65)(H,53,66)(H,54,64)(H,55,63)(H,61,62)(H,67,68)/t29-,30-,31-,33+,34+,35-,36-,37-,38-,44-/m0/s1. The van der Waals surface area contributed by atoms with Gasteiger partial charge in [0.15, 0.2) is 17.3 Å². The molecule has 0 spiro atoms. The van der Waals surface area contributed by atoms with Crippen molar-refractivity contribution in [2.45, 2.75) is 156 Å². The topological polar surface area (TPSA) is 332 Å². The molecule has 10 atom stereocenters. The first-order valence-electron chi connectivity index (χ1n) is 23.9. The molecule has 0 unspecified atom stereocenters. The number of unbranched alkanes of at least 4 members (excludes halogenated alkanes) is 1. The Morgan fingerprint density at radius 2 is 1.18 bits per heavy atom. The maximum atomic E-state index is 14.3. The van der Waals surface area contributed by atoms with Gasteiger partial charge in [0.2, 0.25) is 29.5 Å². The van der Waals surface area contributed by atoms with E-state index in [2.05, 4.69) is 21.3 Å². The molecule has 11 N–H and O–H groups in total. The Morgan fingerprint density at radius 1 is 0.618 bits per heavy atom. The number of aliphatic hydroxyl groups excluding tert-OH is 1.